The van der Waals surface area contributed by atoms with Crippen molar-refractivity contribution in [3.05, 3.63) is 108 Å². The Labute approximate surface area is 259 Å². The molecule has 0 aliphatic carbocycles. The molecule has 11 nitrogen and oxygen atoms in total. The summed E-state index contributed by atoms with van der Waals surface area (Å²) in [7, 11) is 3.17. The number of carbonyl (C=O) groups excluding carboxylic acids is 1. The van der Waals surface area contributed by atoms with Gasteiger partial charge in [0.25, 0.3) is 0 Å². The van der Waals surface area contributed by atoms with Gasteiger partial charge in [-0.1, -0.05) is 42.0 Å². The van der Waals surface area contributed by atoms with Gasteiger partial charge in [-0.3, -0.25) is 5.32 Å². The topological polar surface area (TPSA) is 124 Å². The highest BCUT2D eigenvalue weighted by Crippen LogP contribution is 2.35. The van der Waals surface area contributed by atoms with Crippen molar-refractivity contribution < 1.29 is 19.0 Å². The zero-order valence-corrected chi connectivity index (χ0v) is 25.2. The van der Waals surface area contributed by atoms with E-state index in [4.69, 9.17) is 14.2 Å². The molecule has 6 rings (SSSR count). The van der Waals surface area contributed by atoms with Crippen molar-refractivity contribution in [3.8, 4) is 28.8 Å². The molecule has 0 saturated heterocycles. The molecule has 0 spiro atoms. The standard InChI is InChI=1S/C34H31N7O4/c1-21-9-11-23(12-10-21)41-31(19-22(2)40-41)38-34(42)37-27-15-16-29(26-8-6-5-7-25(26)27)45-32-17-18-35-33(39-32)36-28-14-13-24(43-3)20-30(28)44-4/h5-20H,1-4H3,(H,35,36,39)(H2,37,38,42). The summed E-state index contributed by atoms with van der Waals surface area (Å²) in [5.41, 5.74) is 4.06. The molecule has 45 heavy (non-hydrogen) atoms. The average Bonchev–Trinajstić information content (AvgIpc) is 3.42. The highest BCUT2D eigenvalue weighted by molar-refractivity contribution is 6.07. The third kappa shape index (κ3) is 6.47. The Morgan fingerprint density at radius 3 is 2.33 bits per heavy atom. The summed E-state index contributed by atoms with van der Waals surface area (Å²) in [5, 5.41) is 15.2. The summed E-state index contributed by atoms with van der Waals surface area (Å²) >= 11 is 0. The fourth-order valence-corrected chi connectivity index (χ4v) is 4.80. The number of hydrogen-bond acceptors (Lipinski definition) is 8. The van der Waals surface area contributed by atoms with Crippen molar-refractivity contribution in [1.29, 1.82) is 0 Å². The van der Waals surface area contributed by atoms with Crippen molar-refractivity contribution in [2.24, 2.45) is 0 Å². The number of nitrogens with zero attached hydrogens (tertiary/aromatic N) is 4. The fourth-order valence-electron chi connectivity index (χ4n) is 4.80. The average molecular weight is 602 g/mol. The summed E-state index contributed by atoms with van der Waals surface area (Å²) in [5.74, 6) is 3.03. The van der Waals surface area contributed by atoms with Gasteiger partial charge < -0.3 is 24.8 Å². The van der Waals surface area contributed by atoms with Gasteiger partial charge in [0.05, 0.1) is 37.0 Å². The van der Waals surface area contributed by atoms with Crippen LogP contribution in [0.2, 0.25) is 0 Å². The molecule has 0 fully saturated rings. The number of amides is 2. The lowest BCUT2D eigenvalue weighted by Gasteiger charge is -2.15. The largest absolute Gasteiger partial charge is 0.497 e. The molecular weight excluding hydrogens is 570 g/mol. The first-order valence-corrected chi connectivity index (χ1v) is 14.1. The normalized spacial score (nSPS) is 10.8. The number of rotatable bonds is 9. The lowest BCUT2D eigenvalue weighted by molar-refractivity contribution is 0.262. The van der Waals surface area contributed by atoms with Gasteiger partial charge in [0.1, 0.15) is 23.1 Å². The van der Waals surface area contributed by atoms with Gasteiger partial charge in [-0.25, -0.2) is 14.5 Å². The van der Waals surface area contributed by atoms with Crippen molar-refractivity contribution in [2.45, 2.75) is 13.8 Å². The van der Waals surface area contributed by atoms with Crippen LogP contribution in [0.25, 0.3) is 16.5 Å². The van der Waals surface area contributed by atoms with Gasteiger partial charge in [0.2, 0.25) is 11.8 Å². The number of nitrogens with one attached hydrogen (secondary N) is 3. The Bertz CT molecular complexity index is 1990. The molecular formula is C34H31N7O4. The highest BCUT2D eigenvalue weighted by atomic mass is 16.5. The predicted octanol–water partition coefficient (Wildman–Crippen LogP) is 7.63. The molecule has 0 unspecified atom stereocenters. The summed E-state index contributed by atoms with van der Waals surface area (Å²) in [6.45, 7) is 3.90. The van der Waals surface area contributed by atoms with Crippen LogP contribution in [0.5, 0.6) is 23.1 Å². The van der Waals surface area contributed by atoms with Crippen molar-refractivity contribution >= 4 is 39.9 Å². The number of benzene rings is 4. The van der Waals surface area contributed by atoms with E-state index in [1.165, 1.54) is 0 Å². The van der Waals surface area contributed by atoms with Gasteiger partial charge >= 0.3 is 6.03 Å². The Balaban J connectivity index is 1.21. The van der Waals surface area contributed by atoms with Crippen LogP contribution in [0.15, 0.2) is 97.2 Å². The third-order valence-electron chi connectivity index (χ3n) is 6.98. The number of hydrogen-bond donors (Lipinski definition) is 3. The minimum absolute atomic E-state index is 0.329. The first kappa shape index (κ1) is 29.0. The molecule has 226 valence electrons. The number of ether oxygens (including phenoxy) is 3. The molecule has 4 aromatic carbocycles. The zero-order valence-electron chi connectivity index (χ0n) is 25.2. The van der Waals surface area contributed by atoms with Crippen molar-refractivity contribution in [1.82, 2.24) is 19.7 Å². The van der Waals surface area contributed by atoms with E-state index < -0.39 is 6.03 Å². The summed E-state index contributed by atoms with van der Waals surface area (Å²) in [6.07, 6.45) is 1.60. The molecule has 0 radical (unpaired) electrons. The maximum atomic E-state index is 13.2. The highest BCUT2D eigenvalue weighted by Gasteiger charge is 2.15. The number of aryl methyl sites for hydroxylation is 2. The van der Waals surface area contributed by atoms with E-state index in [-0.39, 0.29) is 0 Å². The van der Waals surface area contributed by atoms with Gasteiger partial charge in [-0.05, 0) is 50.2 Å². The third-order valence-corrected chi connectivity index (χ3v) is 6.98. The fraction of sp³-hybridized carbons (Fsp3) is 0.118. The molecule has 0 atom stereocenters. The van der Waals surface area contributed by atoms with Crippen LogP contribution in [-0.2, 0) is 0 Å². The number of aromatic nitrogens is 4. The van der Waals surface area contributed by atoms with E-state index in [9.17, 15) is 4.79 Å². The lowest BCUT2D eigenvalue weighted by Crippen LogP contribution is -2.21. The van der Waals surface area contributed by atoms with Crippen LogP contribution in [-0.4, -0.2) is 40.0 Å². The number of fused-ring (bicyclic) bond motifs is 1. The van der Waals surface area contributed by atoms with Crippen LogP contribution in [0, 0.1) is 13.8 Å². The second-order valence-electron chi connectivity index (χ2n) is 10.2. The SMILES string of the molecule is COc1ccc(Nc2nccc(Oc3ccc(NC(=O)Nc4cc(C)nn4-c4ccc(C)cc4)c4ccccc34)n2)c(OC)c1. The van der Waals surface area contributed by atoms with Crippen LogP contribution < -0.4 is 30.2 Å². The van der Waals surface area contributed by atoms with Gasteiger partial charge in [0.15, 0.2) is 0 Å². The van der Waals surface area contributed by atoms with E-state index in [0.29, 0.717) is 46.3 Å². The monoisotopic (exact) mass is 601 g/mol. The quantitative estimate of drug-likeness (QED) is 0.155. The Morgan fingerprint density at radius 2 is 1.56 bits per heavy atom. The Morgan fingerprint density at radius 1 is 0.778 bits per heavy atom. The van der Waals surface area contributed by atoms with Gasteiger partial charge in [0, 0.05) is 35.2 Å². The van der Waals surface area contributed by atoms with Crippen molar-refractivity contribution in [3.63, 3.8) is 0 Å². The summed E-state index contributed by atoms with van der Waals surface area (Å²) < 4.78 is 18.7. The number of urea groups is 1. The van der Waals surface area contributed by atoms with E-state index in [0.717, 1.165) is 27.7 Å². The van der Waals surface area contributed by atoms with E-state index in [1.807, 2.05) is 80.6 Å². The Hall–Kier alpha value is -6.10. The van der Waals surface area contributed by atoms with Crippen LogP contribution in [0.3, 0.4) is 0 Å². The summed E-state index contributed by atoms with van der Waals surface area (Å²) in [4.78, 5) is 22.0. The first-order chi connectivity index (χ1) is 21.9. The lowest BCUT2D eigenvalue weighted by atomic mass is 10.1. The molecule has 0 aliphatic rings. The molecule has 2 heterocycles. The minimum atomic E-state index is -0.400. The van der Waals surface area contributed by atoms with E-state index in [2.05, 4.69) is 31.0 Å². The minimum Gasteiger partial charge on any atom is -0.497 e. The van der Waals surface area contributed by atoms with Crippen LogP contribution in [0.1, 0.15) is 11.3 Å². The number of carbonyl (C=O) groups is 1. The van der Waals surface area contributed by atoms with E-state index >= 15 is 0 Å². The molecule has 6 aromatic rings. The summed E-state index contributed by atoms with van der Waals surface area (Å²) in [6, 6.07) is 27.7. The second kappa shape index (κ2) is 12.6. The molecule has 3 N–H and O–H groups in total. The number of anilines is 4. The molecule has 11 heteroatoms. The second-order valence-corrected chi connectivity index (χ2v) is 10.2. The smallest absolute Gasteiger partial charge is 0.324 e. The number of methoxy groups -OCH3 is 2. The maximum Gasteiger partial charge on any atom is 0.324 e. The maximum absolute atomic E-state index is 13.2. The van der Waals surface area contributed by atoms with Gasteiger partial charge in [-0.2, -0.15) is 10.1 Å². The molecule has 0 aliphatic heterocycles. The van der Waals surface area contributed by atoms with Crippen LogP contribution >= 0.6 is 0 Å². The first-order valence-electron chi connectivity index (χ1n) is 14.1. The van der Waals surface area contributed by atoms with Gasteiger partial charge in [-0.15, -0.1) is 0 Å². The van der Waals surface area contributed by atoms with Crippen molar-refractivity contribution in [2.75, 3.05) is 30.2 Å². The molecule has 0 bridgehead atoms. The van der Waals surface area contributed by atoms with E-state index in [1.54, 1.807) is 49.4 Å². The van der Waals surface area contributed by atoms with Crippen LogP contribution in [0.4, 0.5) is 27.9 Å². The molecule has 2 aromatic heterocycles. The Kier molecular flexibility index (Phi) is 8.14. The molecule has 0 saturated carbocycles. The zero-order chi connectivity index (χ0) is 31.3. The predicted molar refractivity (Wildman–Crippen MR) is 175 cm³/mol. The molecule has 2 amide bonds.